The SMILES string of the molecule is CS(=O)(=O)c1ccc(-c2ccc3ccn(S(=O)(=O)c4ccccc4)c3n2)cc1. The Kier molecular flexibility index (Phi) is 4.32. The third-order valence-corrected chi connectivity index (χ3v) is 7.19. The predicted molar refractivity (Wildman–Crippen MR) is 107 cm³/mol. The number of hydrogen-bond acceptors (Lipinski definition) is 5. The van der Waals surface area contributed by atoms with Crippen LogP contribution in [0.1, 0.15) is 0 Å². The molecular formula is C20H16N2O4S2. The molecule has 0 bridgehead atoms. The summed E-state index contributed by atoms with van der Waals surface area (Å²) in [6.07, 6.45) is 2.63. The van der Waals surface area contributed by atoms with Gasteiger partial charge in [0.1, 0.15) is 0 Å². The standard InChI is InChI=1S/C20H16N2O4S2/c1-27(23,24)17-10-7-15(8-11-17)19-12-9-16-13-14-22(20(16)21-19)28(25,26)18-5-3-2-4-6-18/h2-14H,1H3. The topological polar surface area (TPSA) is 86.1 Å². The zero-order chi connectivity index (χ0) is 19.9. The van der Waals surface area contributed by atoms with Gasteiger partial charge in [-0.05, 0) is 42.5 Å². The van der Waals surface area contributed by atoms with Crippen molar-refractivity contribution < 1.29 is 16.8 Å². The van der Waals surface area contributed by atoms with Crippen molar-refractivity contribution >= 4 is 30.9 Å². The summed E-state index contributed by atoms with van der Waals surface area (Å²) in [5, 5.41) is 0.691. The quantitative estimate of drug-likeness (QED) is 0.513. The molecule has 6 nitrogen and oxygen atoms in total. The molecular weight excluding hydrogens is 396 g/mol. The molecule has 0 atom stereocenters. The molecule has 0 saturated heterocycles. The van der Waals surface area contributed by atoms with Gasteiger partial charge in [0, 0.05) is 23.4 Å². The largest absolute Gasteiger partial charge is 0.269 e. The second-order valence-electron chi connectivity index (χ2n) is 6.34. The van der Waals surface area contributed by atoms with Gasteiger partial charge in [0.2, 0.25) is 0 Å². The van der Waals surface area contributed by atoms with Crippen molar-refractivity contribution in [3.8, 4) is 11.3 Å². The Morgan fingerprint density at radius 3 is 2.07 bits per heavy atom. The minimum absolute atomic E-state index is 0.178. The molecule has 4 aromatic rings. The lowest BCUT2D eigenvalue weighted by Gasteiger charge is -2.08. The van der Waals surface area contributed by atoms with E-state index in [-0.39, 0.29) is 9.79 Å². The fourth-order valence-electron chi connectivity index (χ4n) is 2.92. The van der Waals surface area contributed by atoms with E-state index in [4.69, 9.17) is 0 Å². The third-order valence-electron chi connectivity index (χ3n) is 4.38. The average Bonchev–Trinajstić information content (AvgIpc) is 3.12. The van der Waals surface area contributed by atoms with Crippen LogP contribution in [0.25, 0.3) is 22.3 Å². The number of fused-ring (bicyclic) bond motifs is 1. The summed E-state index contributed by atoms with van der Waals surface area (Å²) in [5.74, 6) is 0. The summed E-state index contributed by atoms with van der Waals surface area (Å²) >= 11 is 0. The lowest BCUT2D eigenvalue weighted by molar-refractivity contribution is 0.588. The van der Waals surface area contributed by atoms with Crippen LogP contribution in [0.2, 0.25) is 0 Å². The summed E-state index contributed by atoms with van der Waals surface area (Å²) in [6.45, 7) is 0. The van der Waals surface area contributed by atoms with Crippen molar-refractivity contribution in [2.75, 3.05) is 6.26 Å². The van der Waals surface area contributed by atoms with Crippen molar-refractivity contribution in [1.82, 2.24) is 8.96 Å². The third kappa shape index (κ3) is 3.21. The van der Waals surface area contributed by atoms with Crippen LogP contribution in [0.5, 0.6) is 0 Å². The second-order valence-corrected chi connectivity index (χ2v) is 10.2. The number of benzene rings is 2. The molecule has 2 aromatic heterocycles. The van der Waals surface area contributed by atoms with E-state index >= 15 is 0 Å². The highest BCUT2D eigenvalue weighted by Gasteiger charge is 2.19. The molecule has 2 aromatic carbocycles. The van der Waals surface area contributed by atoms with E-state index in [0.29, 0.717) is 22.3 Å². The van der Waals surface area contributed by atoms with Gasteiger partial charge in [-0.15, -0.1) is 0 Å². The van der Waals surface area contributed by atoms with Crippen molar-refractivity contribution in [3.63, 3.8) is 0 Å². The van der Waals surface area contributed by atoms with Gasteiger partial charge in [-0.25, -0.2) is 25.8 Å². The molecule has 0 fully saturated rings. The second kappa shape index (κ2) is 6.57. The maximum Gasteiger partial charge on any atom is 0.269 e. The van der Waals surface area contributed by atoms with Crippen molar-refractivity contribution in [2.24, 2.45) is 0 Å². The normalized spacial score (nSPS) is 12.3. The number of sulfone groups is 1. The highest BCUT2D eigenvalue weighted by atomic mass is 32.2. The summed E-state index contributed by atoms with van der Waals surface area (Å²) in [4.78, 5) is 4.92. The summed E-state index contributed by atoms with van der Waals surface area (Å²) in [5.41, 5.74) is 1.56. The summed E-state index contributed by atoms with van der Waals surface area (Å²) in [7, 11) is -7.06. The number of aromatic nitrogens is 2. The predicted octanol–water partition coefficient (Wildman–Crippen LogP) is 3.34. The van der Waals surface area contributed by atoms with E-state index in [0.717, 1.165) is 10.2 Å². The van der Waals surface area contributed by atoms with Gasteiger partial charge in [0.05, 0.1) is 15.5 Å². The van der Waals surface area contributed by atoms with Crippen molar-refractivity contribution in [2.45, 2.75) is 9.79 Å². The average molecular weight is 412 g/mol. The molecule has 0 N–H and O–H groups in total. The summed E-state index contributed by atoms with van der Waals surface area (Å²) in [6, 6.07) is 19.8. The Morgan fingerprint density at radius 1 is 0.750 bits per heavy atom. The van der Waals surface area contributed by atoms with Gasteiger partial charge < -0.3 is 0 Å². The fourth-order valence-corrected chi connectivity index (χ4v) is 4.87. The minimum Gasteiger partial charge on any atom is -0.229 e. The first-order valence-electron chi connectivity index (χ1n) is 8.36. The van der Waals surface area contributed by atoms with E-state index in [2.05, 4.69) is 4.98 Å². The molecule has 0 aliphatic heterocycles. The van der Waals surface area contributed by atoms with Gasteiger partial charge in [0.15, 0.2) is 15.5 Å². The Morgan fingerprint density at radius 2 is 1.43 bits per heavy atom. The number of nitrogens with zero attached hydrogens (tertiary/aromatic N) is 2. The van der Waals surface area contributed by atoms with E-state index < -0.39 is 19.9 Å². The monoisotopic (exact) mass is 412 g/mol. The highest BCUT2D eigenvalue weighted by molar-refractivity contribution is 7.90. The Bertz CT molecular complexity index is 1370. The van der Waals surface area contributed by atoms with Crippen LogP contribution in [-0.2, 0) is 19.9 Å². The van der Waals surface area contributed by atoms with Crippen LogP contribution in [-0.4, -0.2) is 32.0 Å². The van der Waals surface area contributed by atoms with Gasteiger partial charge >= 0.3 is 0 Å². The van der Waals surface area contributed by atoms with E-state index in [1.165, 1.54) is 30.5 Å². The maximum atomic E-state index is 13.0. The number of pyridine rings is 1. The van der Waals surface area contributed by atoms with E-state index in [9.17, 15) is 16.8 Å². The van der Waals surface area contributed by atoms with Gasteiger partial charge in [-0.3, -0.25) is 0 Å². The van der Waals surface area contributed by atoms with Crippen LogP contribution in [0.3, 0.4) is 0 Å². The molecule has 0 radical (unpaired) electrons. The van der Waals surface area contributed by atoms with Crippen LogP contribution in [0.15, 0.2) is 88.8 Å². The first-order valence-corrected chi connectivity index (χ1v) is 11.7. The van der Waals surface area contributed by atoms with Gasteiger partial charge in [-0.2, -0.15) is 0 Å². The molecule has 0 unspecified atom stereocenters. The zero-order valence-corrected chi connectivity index (χ0v) is 16.5. The Hall–Kier alpha value is -2.97. The molecule has 4 rings (SSSR count). The molecule has 0 aliphatic carbocycles. The molecule has 8 heteroatoms. The van der Waals surface area contributed by atoms with E-state index in [1.807, 2.05) is 0 Å². The Labute approximate surface area is 163 Å². The minimum atomic E-state index is -3.77. The van der Waals surface area contributed by atoms with Gasteiger partial charge in [0.25, 0.3) is 10.0 Å². The highest BCUT2D eigenvalue weighted by Crippen LogP contribution is 2.25. The molecule has 2 heterocycles. The smallest absolute Gasteiger partial charge is 0.229 e. The molecule has 0 amide bonds. The van der Waals surface area contributed by atoms with Crippen molar-refractivity contribution in [1.29, 1.82) is 0 Å². The first-order chi connectivity index (χ1) is 13.3. The van der Waals surface area contributed by atoms with E-state index in [1.54, 1.807) is 48.5 Å². The molecule has 0 spiro atoms. The molecule has 28 heavy (non-hydrogen) atoms. The molecule has 142 valence electrons. The van der Waals surface area contributed by atoms with Gasteiger partial charge in [-0.1, -0.05) is 30.3 Å². The fraction of sp³-hybridized carbons (Fsp3) is 0.0500. The Balaban J connectivity index is 1.83. The number of hydrogen-bond donors (Lipinski definition) is 0. The number of rotatable bonds is 4. The molecule has 0 aliphatic rings. The van der Waals surface area contributed by atoms with Crippen LogP contribution in [0.4, 0.5) is 0 Å². The van der Waals surface area contributed by atoms with Crippen molar-refractivity contribution in [3.05, 3.63) is 79.0 Å². The van der Waals surface area contributed by atoms with Crippen LogP contribution >= 0.6 is 0 Å². The summed E-state index contributed by atoms with van der Waals surface area (Å²) < 4.78 is 50.3. The first kappa shape index (κ1) is 18.4. The maximum absolute atomic E-state index is 13.0. The zero-order valence-electron chi connectivity index (χ0n) is 14.8. The van der Waals surface area contributed by atoms with Crippen LogP contribution in [0, 0.1) is 0 Å². The molecule has 0 saturated carbocycles. The lowest BCUT2D eigenvalue weighted by atomic mass is 10.1. The lowest BCUT2D eigenvalue weighted by Crippen LogP contribution is -2.12. The van der Waals surface area contributed by atoms with Crippen LogP contribution < -0.4 is 0 Å².